The lowest BCUT2D eigenvalue weighted by molar-refractivity contribution is 0.0695. The number of halogens is 2. The minimum Gasteiger partial charge on any atom is -0.372 e. The molecular weight excluding hydrogens is 447 g/mol. The molecule has 0 amide bonds. The number of alkyl halides is 1. The van der Waals surface area contributed by atoms with Crippen LogP contribution in [0.2, 0.25) is 0 Å². The molecule has 3 aliphatic rings. The standard InChI is InChI=1S/C14H18ClIN6O2/c1-22-4-7(2-18-22)19-14-17-3-8(15)13(21-14)20-10-6-24-11-9(16)5-23-12(10)11/h2-4,9-12,14,19-21H,5-6H2,1H3/t9-,10-,11?,12?,14?/m1/s1. The van der Waals surface area contributed by atoms with Crippen molar-refractivity contribution in [1.82, 2.24) is 20.4 Å². The van der Waals surface area contributed by atoms with E-state index in [1.54, 1.807) is 17.1 Å². The molecule has 4 heterocycles. The maximum atomic E-state index is 6.28. The van der Waals surface area contributed by atoms with Crippen LogP contribution in [0.3, 0.4) is 0 Å². The van der Waals surface area contributed by atoms with Crippen LogP contribution in [0.25, 0.3) is 0 Å². The van der Waals surface area contributed by atoms with Gasteiger partial charge in [0.2, 0.25) is 0 Å². The topological polar surface area (TPSA) is 84.7 Å². The first-order valence-electron chi connectivity index (χ1n) is 7.68. The van der Waals surface area contributed by atoms with Crippen molar-refractivity contribution in [3.8, 4) is 0 Å². The van der Waals surface area contributed by atoms with Crippen LogP contribution in [0.15, 0.2) is 28.2 Å². The van der Waals surface area contributed by atoms with Crippen LogP contribution in [0, 0.1) is 0 Å². The first kappa shape index (κ1) is 16.4. The van der Waals surface area contributed by atoms with Crippen LogP contribution in [0.4, 0.5) is 5.69 Å². The summed E-state index contributed by atoms with van der Waals surface area (Å²) in [5.74, 6) is 0.725. The highest BCUT2D eigenvalue weighted by atomic mass is 127. The Labute approximate surface area is 158 Å². The molecule has 1 aromatic rings. The Hall–Kier alpha value is -1.04. The van der Waals surface area contributed by atoms with Gasteiger partial charge in [0, 0.05) is 19.5 Å². The number of aryl methyl sites for hydroxylation is 1. The van der Waals surface area contributed by atoms with E-state index in [0.29, 0.717) is 15.6 Å². The number of fused-ring (bicyclic) bond motifs is 1. The van der Waals surface area contributed by atoms with Gasteiger partial charge in [-0.3, -0.25) is 4.68 Å². The summed E-state index contributed by atoms with van der Waals surface area (Å²) in [6.07, 6.45) is 5.13. The Balaban J connectivity index is 1.40. The maximum absolute atomic E-state index is 6.28. The van der Waals surface area contributed by atoms with Crippen molar-refractivity contribution in [2.45, 2.75) is 28.5 Å². The highest BCUT2D eigenvalue weighted by Crippen LogP contribution is 2.31. The number of nitrogens with one attached hydrogen (secondary N) is 3. The van der Waals surface area contributed by atoms with Crippen molar-refractivity contribution >= 4 is 46.1 Å². The fourth-order valence-electron chi connectivity index (χ4n) is 3.05. The molecule has 3 aliphatic heterocycles. The molecule has 0 aliphatic carbocycles. The number of hydrogen-bond donors (Lipinski definition) is 3. The zero-order valence-corrected chi connectivity index (χ0v) is 15.9. The summed E-state index contributed by atoms with van der Waals surface area (Å²) >= 11 is 8.66. The number of rotatable bonds is 4. The molecule has 1 aromatic heterocycles. The average Bonchev–Trinajstić information content (AvgIpc) is 3.23. The number of ether oxygens (including phenoxy) is 2. The lowest BCUT2D eigenvalue weighted by Gasteiger charge is -2.27. The van der Waals surface area contributed by atoms with Gasteiger partial charge in [-0.1, -0.05) is 34.2 Å². The molecule has 0 aromatic carbocycles. The first-order valence-corrected chi connectivity index (χ1v) is 9.31. The predicted octanol–water partition coefficient (Wildman–Crippen LogP) is 0.757. The fraction of sp³-hybridized carbons (Fsp3) is 0.571. The van der Waals surface area contributed by atoms with E-state index in [9.17, 15) is 0 Å². The van der Waals surface area contributed by atoms with Crippen molar-refractivity contribution in [2.24, 2.45) is 12.0 Å². The summed E-state index contributed by atoms with van der Waals surface area (Å²) in [4.78, 5) is 4.34. The zero-order chi connectivity index (χ0) is 16.7. The molecule has 10 heteroatoms. The smallest absolute Gasteiger partial charge is 0.195 e. The minimum absolute atomic E-state index is 0.0502. The molecule has 130 valence electrons. The number of anilines is 1. The van der Waals surface area contributed by atoms with Crippen LogP contribution in [-0.4, -0.2) is 57.7 Å². The van der Waals surface area contributed by atoms with Gasteiger partial charge in [-0.05, 0) is 0 Å². The lowest BCUT2D eigenvalue weighted by Crippen LogP contribution is -2.48. The Morgan fingerprint density at radius 2 is 2.17 bits per heavy atom. The molecule has 0 spiro atoms. The predicted molar refractivity (Wildman–Crippen MR) is 99.3 cm³/mol. The highest BCUT2D eigenvalue weighted by Gasteiger charge is 2.47. The second-order valence-electron chi connectivity index (χ2n) is 5.96. The average molecular weight is 465 g/mol. The van der Waals surface area contributed by atoms with Gasteiger partial charge in [0.25, 0.3) is 0 Å². The Morgan fingerprint density at radius 1 is 1.33 bits per heavy atom. The molecule has 2 fully saturated rings. The summed E-state index contributed by atoms with van der Waals surface area (Å²) in [5.41, 5.74) is 0.876. The van der Waals surface area contributed by atoms with Gasteiger partial charge in [0.1, 0.15) is 11.9 Å². The number of nitrogens with zero attached hydrogens (tertiary/aromatic N) is 3. The normalized spacial score (nSPS) is 35.0. The van der Waals surface area contributed by atoms with Gasteiger partial charge < -0.3 is 25.4 Å². The second kappa shape index (κ2) is 6.70. The van der Waals surface area contributed by atoms with Gasteiger partial charge in [0.05, 0.1) is 46.2 Å². The van der Waals surface area contributed by atoms with E-state index in [1.165, 1.54) is 0 Å². The third kappa shape index (κ3) is 3.22. The van der Waals surface area contributed by atoms with E-state index >= 15 is 0 Å². The number of allylic oxidation sites excluding steroid dienone is 1. The Bertz CT molecular complexity index is 680. The van der Waals surface area contributed by atoms with E-state index in [-0.39, 0.29) is 24.5 Å². The third-order valence-electron chi connectivity index (χ3n) is 4.19. The second-order valence-corrected chi connectivity index (χ2v) is 7.96. The first-order chi connectivity index (χ1) is 11.6. The van der Waals surface area contributed by atoms with Crippen molar-refractivity contribution in [3.63, 3.8) is 0 Å². The number of aromatic nitrogens is 2. The summed E-state index contributed by atoms with van der Waals surface area (Å²) in [5, 5.41) is 14.6. The summed E-state index contributed by atoms with van der Waals surface area (Å²) in [7, 11) is 1.87. The van der Waals surface area contributed by atoms with Gasteiger partial charge in [-0.25, -0.2) is 4.99 Å². The largest absolute Gasteiger partial charge is 0.372 e. The zero-order valence-electron chi connectivity index (χ0n) is 12.9. The van der Waals surface area contributed by atoms with E-state index < -0.39 is 0 Å². The van der Waals surface area contributed by atoms with Gasteiger partial charge in [-0.15, -0.1) is 0 Å². The molecule has 0 bridgehead atoms. The Morgan fingerprint density at radius 3 is 2.96 bits per heavy atom. The molecule has 3 unspecified atom stereocenters. The molecule has 2 saturated heterocycles. The van der Waals surface area contributed by atoms with Crippen molar-refractivity contribution in [1.29, 1.82) is 0 Å². The minimum atomic E-state index is -0.320. The van der Waals surface area contributed by atoms with E-state index in [4.69, 9.17) is 21.1 Å². The van der Waals surface area contributed by atoms with Crippen molar-refractivity contribution in [3.05, 3.63) is 23.2 Å². The Kier molecular flexibility index (Phi) is 4.58. The number of hydrogen-bond acceptors (Lipinski definition) is 7. The highest BCUT2D eigenvalue weighted by molar-refractivity contribution is 14.1. The molecule has 5 atom stereocenters. The van der Waals surface area contributed by atoms with Crippen molar-refractivity contribution in [2.75, 3.05) is 18.5 Å². The third-order valence-corrected chi connectivity index (χ3v) is 5.54. The van der Waals surface area contributed by atoms with Crippen LogP contribution in [0.5, 0.6) is 0 Å². The van der Waals surface area contributed by atoms with Crippen LogP contribution < -0.4 is 16.0 Å². The van der Waals surface area contributed by atoms with Gasteiger partial charge in [-0.2, -0.15) is 5.10 Å². The molecule has 4 rings (SSSR count). The molecule has 0 radical (unpaired) electrons. The molecule has 0 saturated carbocycles. The van der Waals surface area contributed by atoms with Gasteiger partial charge in [0.15, 0.2) is 6.29 Å². The fourth-order valence-corrected chi connectivity index (χ4v) is 4.04. The molecular formula is C14H18ClIN6O2. The quantitative estimate of drug-likeness (QED) is 0.451. The van der Waals surface area contributed by atoms with Crippen molar-refractivity contribution < 1.29 is 9.47 Å². The van der Waals surface area contributed by atoms with Gasteiger partial charge >= 0.3 is 0 Å². The van der Waals surface area contributed by atoms with E-state index in [2.05, 4.69) is 48.6 Å². The van der Waals surface area contributed by atoms with E-state index in [1.807, 2.05) is 13.2 Å². The molecule has 24 heavy (non-hydrogen) atoms. The summed E-state index contributed by atoms with van der Waals surface area (Å²) in [6.45, 7) is 1.32. The molecule has 3 N–H and O–H groups in total. The monoisotopic (exact) mass is 464 g/mol. The van der Waals surface area contributed by atoms with Crippen LogP contribution >= 0.6 is 34.2 Å². The van der Waals surface area contributed by atoms with Crippen LogP contribution in [-0.2, 0) is 16.5 Å². The van der Waals surface area contributed by atoms with Crippen LogP contribution in [0.1, 0.15) is 0 Å². The van der Waals surface area contributed by atoms with E-state index in [0.717, 1.165) is 18.1 Å². The summed E-state index contributed by atoms with van der Waals surface area (Å²) < 4.78 is 13.8. The number of aliphatic imine (C=N–C) groups is 1. The molecule has 8 nitrogen and oxygen atoms in total. The summed E-state index contributed by atoms with van der Waals surface area (Å²) in [6, 6.07) is 0.0663. The maximum Gasteiger partial charge on any atom is 0.195 e. The lowest BCUT2D eigenvalue weighted by atomic mass is 10.1. The SMILES string of the molecule is Cn1cc(NC2N=CC(Cl)=C(N[C@@H]3COC4C3OC[C@H]4I)N2)cn1.